The van der Waals surface area contributed by atoms with Crippen LogP contribution >= 0.6 is 0 Å². The molecule has 1 aliphatic heterocycles. The lowest BCUT2D eigenvalue weighted by atomic mass is 9.96. The maximum Gasteiger partial charge on any atom is 0.0948 e. The van der Waals surface area contributed by atoms with Gasteiger partial charge in [0, 0.05) is 6.54 Å². The quantitative estimate of drug-likeness (QED) is 0.634. The molecule has 0 saturated carbocycles. The zero-order chi connectivity index (χ0) is 9.19. The molecule has 0 aliphatic carbocycles. The van der Waals surface area contributed by atoms with E-state index < -0.39 is 0 Å². The van der Waals surface area contributed by atoms with Crippen LogP contribution in [0.2, 0.25) is 0 Å². The van der Waals surface area contributed by atoms with Crippen LogP contribution in [-0.2, 0) is 4.74 Å². The zero-order valence-corrected chi connectivity index (χ0v) is 8.13. The number of hydrogen-bond donors (Lipinski definition) is 2. The predicted octanol–water partition coefficient (Wildman–Crippen LogP) is 0.382. The predicted molar refractivity (Wildman–Crippen MR) is 48.1 cm³/mol. The van der Waals surface area contributed by atoms with Gasteiger partial charge in [0.1, 0.15) is 0 Å². The largest absolute Gasteiger partial charge is 0.389 e. The summed E-state index contributed by atoms with van der Waals surface area (Å²) < 4.78 is 5.12. The Labute approximate surface area is 74.1 Å². The normalized spacial score (nSPS) is 31.0. The van der Waals surface area contributed by atoms with Crippen LogP contribution in [0.4, 0.5) is 0 Å². The molecule has 12 heavy (non-hydrogen) atoms. The van der Waals surface area contributed by atoms with Crippen LogP contribution in [0.3, 0.4) is 0 Å². The van der Waals surface area contributed by atoms with Gasteiger partial charge in [0.15, 0.2) is 0 Å². The minimum Gasteiger partial charge on any atom is -0.389 e. The first kappa shape index (κ1) is 9.96. The average Bonchev–Trinajstić information content (AvgIpc) is 2.29. The molecule has 3 nitrogen and oxygen atoms in total. The van der Waals surface area contributed by atoms with Crippen molar-refractivity contribution in [3.05, 3.63) is 0 Å². The smallest absolute Gasteiger partial charge is 0.0948 e. The van der Waals surface area contributed by atoms with E-state index in [-0.39, 0.29) is 17.6 Å². The molecular formula is C9H19NO2. The summed E-state index contributed by atoms with van der Waals surface area (Å²) in [6.45, 7) is 8.53. The van der Waals surface area contributed by atoms with Crippen molar-refractivity contribution < 1.29 is 9.84 Å². The SMILES string of the molecule is CC(C)(C)CN[C@H]1COC[C@@H]1O. The van der Waals surface area contributed by atoms with E-state index in [9.17, 15) is 5.11 Å². The molecule has 1 fully saturated rings. The van der Waals surface area contributed by atoms with Gasteiger partial charge in [-0.25, -0.2) is 0 Å². The molecule has 0 spiro atoms. The van der Waals surface area contributed by atoms with Crippen molar-refractivity contribution in [2.24, 2.45) is 5.41 Å². The van der Waals surface area contributed by atoms with E-state index in [1.54, 1.807) is 0 Å². The number of ether oxygens (including phenoxy) is 1. The average molecular weight is 173 g/mol. The molecule has 72 valence electrons. The number of nitrogens with one attached hydrogen (secondary N) is 1. The molecule has 0 unspecified atom stereocenters. The minimum atomic E-state index is -0.327. The van der Waals surface area contributed by atoms with Crippen LogP contribution in [0.1, 0.15) is 20.8 Å². The number of aliphatic hydroxyl groups is 1. The topological polar surface area (TPSA) is 41.5 Å². The standard InChI is InChI=1S/C9H19NO2/c1-9(2,3)6-10-7-4-12-5-8(7)11/h7-8,10-11H,4-6H2,1-3H3/t7-,8-/m0/s1. The van der Waals surface area contributed by atoms with Crippen LogP contribution < -0.4 is 5.32 Å². The molecule has 1 heterocycles. The summed E-state index contributed by atoms with van der Waals surface area (Å²) in [6, 6.07) is 0.129. The van der Waals surface area contributed by atoms with Crippen molar-refractivity contribution in [3.8, 4) is 0 Å². The van der Waals surface area contributed by atoms with Crippen molar-refractivity contribution >= 4 is 0 Å². The molecule has 0 aromatic heterocycles. The number of aliphatic hydroxyl groups excluding tert-OH is 1. The summed E-state index contributed by atoms with van der Waals surface area (Å²) in [6.07, 6.45) is -0.327. The van der Waals surface area contributed by atoms with Crippen LogP contribution in [0, 0.1) is 5.41 Å². The Hall–Kier alpha value is -0.120. The van der Waals surface area contributed by atoms with Gasteiger partial charge in [-0.3, -0.25) is 0 Å². The van der Waals surface area contributed by atoms with Crippen LogP contribution in [0.15, 0.2) is 0 Å². The Morgan fingerprint density at radius 3 is 2.50 bits per heavy atom. The van der Waals surface area contributed by atoms with Crippen LogP contribution in [0.25, 0.3) is 0 Å². The third-order valence-electron chi connectivity index (χ3n) is 1.95. The second-order valence-electron chi connectivity index (χ2n) is 4.65. The fourth-order valence-corrected chi connectivity index (χ4v) is 1.18. The van der Waals surface area contributed by atoms with Gasteiger partial charge in [0.2, 0.25) is 0 Å². The summed E-state index contributed by atoms with van der Waals surface area (Å²) in [5.74, 6) is 0. The second kappa shape index (κ2) is 3.73. The van der Waals surface area contributed by atoms with Crippen molar-refractivity contribution in [3.63, 3.8) is 0 Å². The Morgan fingerprint density at radius 2 is 2.08 bits per heavy atom. The fourth-order valence-electron chi connectivity index (χ4n) is 1.18. The minimum absolute atomic E-state index is 0.129. The lowest BCUT2D eigenvalue weighted by molar-refractivity contribution is 0.121. The maximum atomic E-state index is 9.40. The van der Waals surface area contributed by atoms with E-state index in [0.29, 0.717) is 13.2 Å². The van der Waals surface area contributed by atoms with E-state index in [2.05, 4.69) is 26.1 Å². The molecule has 0 aromatic carbocycles. The summed E-state index contributed by atoms with van der Waals surface area (Å²) in [5, 5.41) is 12.7. The highest BCUT2D eigenvalue weighted by Crippen LogP contribution is 2.12. The summed E-state index contributed by atoms with van der Waals surface area (Å²) >= 11 is 0. The van der Waals surface area contributed by atoms with Crippen LogP contribution in [-0.4, -0.2) is 37.0 Å². The molecular weight excluding hydrogens is 154 g/mol. The van der Waals surface area contributed by atoms with E-state index in [4.69, 9.17) is 4.74 Å². The maximum absolute atomic E-state index is 9.40. The first-order valence-electron chi connectivity index (χ1n) is 4.48. The molecule has 2 atom stereocenters. The van der Waals surface area contributed by atoms with Gasteiger partial charge in [0.05, 0.1) is 25.4 Å². The molecule has 2 N–H and O–H groups in total. The summed E-state index contributed by atoms with van der Waals surface area (Å²) in [5.41, 5.74) is 0.266. The molecule has 0 bridgehead atoms. The third-order valence-corrected chi connectivity index (χ3v) is 1.95. The van der Waals surface area contributed by atoms with Gasteiger partial charge in [-0.15, -0.1) is 0 Å². The lowest BCUT2D eigenvalue weighted by Crippen LogP contribution is -2.42. The van der Waals surface area contributed by atoms with Crippen molar-refractivity contribution in [1.29, 1.82) is 0 Å². The first-order valence-corrected chi connectivity index (χ1v) is 4.48. The Morgan fingerprint density at radius 1 is 1.42 bits per heavy atom. The van der Waals surface area contributed by atoms with E-state index >= 15 is 0 Å². The highest BCUT2D eigenvalue weighted by molar-refractivity contribution is 4.82. The van der Waals surface area contributed by atoms with E-state index in [1.807, 2.05) is 0 Å². The molecule has 0 aromatic rings. The first-order chi connectivity index (χ1) is 5.49. The molecule has 3 heteroatoms. The van der Waals surface area contributed by atoms with Crippen molar-refractivity contribution in [1.82, 2.24) is 5.32 Å². The molecule has 1 saturated heterocycles. The highest BCUT2D eigenvalue weighted by atomic mass is 16.5. The molecule has 1 aliphatic rings. The van der Waals surface area contributed by atoms with Gasteiger partial charge in [-0.05, 0) is 5.41 Å². The Kier molecular flexibility index (Phi) is 3.09. The fraction of sp³-hybridized carbons (Fsp3) is 1.00. The van der Waals surface area contributed by atoms with Gasteiger partial charge >= 0.3 is 0 Å². The monoisotopic (exact) mass is 173 g/mol. The highest BCUT2D eigenvalue weighted by Gasteiger charge is 2.26. The summed E-state index contributed by atoms with van der Waals surface area (Å²) in [7, 11) is 0. The molecule has 1 rings (SSSR count). The third kappa shape index (κ3) is 3.09. The molecule has 0 radical (unpaired) electrons. The van der Waals surface area contributed by atoms with E-state index in [1.165, 1.54) is 0 Å². The van der Waals surface area contributed by atoms with Crippen molar-refractivity contribution in [2.75, 3.05) is 19.8 Å². The Bertz CT molecular complexity index is 142. The van der Waals surface area contributed by atoms with Gasteiger partial charge in [-0.1, -0.05) is 20.8 Å². The number of hydrogen-bond acceptors (Lipinski definition) is 3. The van der Waals surface area contributed by atoms with E-state index in [0.717, 1.165) is 6.54 Å². The second-order valence-corrected chi connectivity index (χ2v) is 4.65. The van der Waals surface area contributed by atoms with Gasteiger partial charge in [-0.2, -0.15) is 0 Å². The van der Waals surface area contributed by atoms with Gasteiger partial charge < -0.3 is 15.2 Å². The number of rotatable bonds is 2. The van der Waals surface area contributed by atoms with Crippen LogP contribution in [0.5, 0.6) is 0 Å². The molecule has 0 amide bonds. The Balaban J connectivity index is 2.23. The summed E-state index contributed by atoms with van der Waals surface area (Å²) in [4.78, 5) is 0. The zero-order valence-electron chi connectivity index (χ0n) is 8.13. The van der Waals surface area contributed by atoms with Crippen molar-refractivity contribution in [2.45, 2.75) is 32.9 Å². The van der Waals surface area contributed by atoms with Gasteiger partial charge in [0.25, 0.3) is 0 Å². The lowest BCUT2D eigenvalue weighted by Gasteiger charge is -2.22.